The summed E-state index contributed by atoms with van der Waals surface area (Å²) in [7, 11) is -2.15. The monoisotopic (exact) mass is 148 g/mol. The van der Waals surface area contributed by atoms with Crippen LogP contribution in [0.4, 0.5) is 0 Å². The Morgan fingerprint density at radius 1 is 1.33 bits per heavy atom. The quantitative estimate of drug-likeness (QED) is 0.452. The summed E-state index contributed by atoms with van der Waals surface area (Å²) in [5.74, 6) is 0. The summed E-state index contributed by atoms with van der Waals surface area (Å²) in [6, 6.07) is 0. The zero-order valence-corrected chi connectivity index (χ0v) is 5.79. The molecule has 1 aliphatic rings. The van der Waals surface area contributed by atoms with E-state index in [-0.39, 0.29) is 6.10 Å². The molecule has 52 valence electrons. The average Bonchev–Trinajstić information content (AvgIpc) is 2.15. The maximum absolute atomic E-state index is 8.38. The number of hydrogen-bond acceptors (Lipinski definition) is 3. The molecular formula is C5H9O3P. The molecule has 0 fully saturated rings. The summed E-state index contributed by atoms with van der Waals surface area (Å²) >= 11 is 0. The third-order valence-electron chi connectivity index (χ3n) is 1.21. The van der Waals surface area contributed by atoms with Gasteiger partial charge >= 0.3 is 8.60 Å². The molecule has 0 saturated heterocycles. The third kappa shape index (κ3) is 2.41. The van der Waals surface area contributed by atoms with Crippen LogP contribution in [-0.2, 0) is 4.52 Å². The second-order valence-corrected chi connectivity index (χ2v) is 2.64. The van der Waals surface area contributed by atoms with Crippen LogP contribution in [0.1, 0.15) is 12.8 Å². The molecule has 0 aromatic carbocycles. The van der Waals surface area contributed by atoms with Gasteiger partial charge in [0.15, 0.2) is 0 Å². The molecule has 0 amide bonds. The van der Waals surface area contributed by atoms with Gasteiger partial charge in [0.05, 0.1) is 6.10 Å². The van der Waals surface area contributed by atoms with Gasteiger partial charge < -0.3 is 14.3 Å². The van der Waals surface area contributed by atoms with Crippen molar-refractivity contribution in [3.63, 3.8) is 0 Å². The second-order valence-electron chi connectivity index (χ2n) is 1.92. The van der Waals surface area contributed by atoms with E-state index in [1.54, 1.807) is 0 Å². The largest absolute Gasteiger partial charge is 0.328 e. The van der Waals surface area contributed by atoms with Gasteiger partial charge in [-0.25, -0.2) is 0 Å². The molecule has 3 nitrogen and oxygen atoms in total. The van der Waals surface area contributed by atoms with Crippen molar-refractivity contribution in [3.8, 4) is 0 Å². The van der Waals surface area contributed by atoms with Gasteiger partial charge in [0.1, 0.15) is 0 Å². The average molecular weight is 148 g/mol. The summed E-state index contributed by atoms with van der Waals surface area (Å²) in [5.41, 5.74) is 0. The Morgan fingerprint density at radius 2 is 1.89 bits per heavy atom. The van der Waals surface area contributed by atoms with Gasteiger partial charge in [-0.1, -0.05) is 12.2 Å². The van der Waals surface area contributed by atoms with E-state index in [0.717, 1.165) is 12.8 Å². The van der Waals surface area contributed by atoms with Gasteiger partial charge in [-0.15, -0.1) is 0 Å². The lowest BCUT2D eigenvalue weighted by Gasteiger charge is -2.09. The second kappa shape index (κ2) is 3.28. The minimum atomic E-state index is -2.15. The predicted octanol–water partition coefficient (Wildman–Crippen LogP) is 0.933. The van der Waals surface area contributed by atoms with E-state index in [9.17, 15) is 0 Å². The fourth-order valence-electron chi connectivity index (χ4n) is 0.812. The van der Waals surface area contributed by atoms with E-state index in [1.807, 2.05) is 12.2 Å². The predicted molar refractivity (Wildman–Crippen MR) is 34.6 cm³/mol. The Labute approximate surface area is 55.0 Å². The van der Waals surface area contributed by atoms with Crippen molar-refractivity contribution in [2.75, 3.05) is 0 Å². The lowest BCUT2D eigenvalue weighted by molar-refractivity contribution is 0.181. The Morgan fingerprint density at radius 3 is 2.33 bits per heavy atom. The molecule has 0 atom stereocenters. The van der Waals surface area contributed by atoms with Crippen LogP contribution >= 0.6 is 8.60 Å². The van der Waals surface area contributed by atoms with Crippen LogP contribution in [0.5, 0.6) is 0 Å². The van der Waals surface area contributed by atoms with E-state index in [0.29, 0.717) is 0 Å². The summed E-state index contributed by atoms with van der Waals surface area (Å²) in [6.45, 7) is 0. The minimum absolute atomic E-state index is 0.00566. The van der Waals surface area contributed by atoms with E-state index < -0.39 is 8.60 Å². The molecule has 0 unspecified atom stereocenters. The summed E-state index contributed by atoms with van der Waals surface area (Å²) in [6.07, 6.45) is 5.57. The van der Waals surface area contributed by atoms with E-state index >= 15 is 0 Å². The lowest BCUT2D eigenvalue weighted by atomic mass is 10.3. The van der Waals surface area contributed by atoms with E-state index in [4.69, 9.17) is 14.3 Å². The maximum Gasteiger partial charge on any atom is 0.327 e. The molecule has 9 heavy (non-hydrogen) atoms. The first-order valence-electron chi connectivity index (χ1n) is 2.78. The molecule has 2 N–H and O–H groups in total. The van der Waals surface area contributed by atoms with E-state index in [1.165, 1.54) is 0 Å². The first-order chi connectivity index (χ1) is 4.29. The molecule has 0 aliphatic heterocycles. The van der Waals surface area contributed by atoms with Crippen molar-refractivity contribution in [1.29, 1.82) is 0 Å². The van der Waals surface area contributed by atoms with Gasteiger partial charge in [0.2, 0.25) is 0 Å². The molecule has 1 aliphatic carbocycles. The minimum Gasteiger partial charge on any atom is -0.328 e. The van der Waals surface area contributed by atoms with Gasteiger partial charge in [-0.3, -0.25) is 0 Å². The molecule has 1 rings (SSSR count). The van der Waals surface area contributed by atoms with E-state index in [2.05, 4.69) is 0 Å². The molecule has 0 bridgehead atoms. The molecule has 0 radical (unpaired) electrons. The summed E-state index contributed by atoms with van der Waals surface area (Å²) < 4.78 is 4.72. The molecule has 0 heterocycles. The Balaban J connectivity index is 2.14. The zero-order valence-electron chi connectivity index (χ0n) is 4.90. The molecule has 0 spiro atoms. The SMILES string of the molecule is OP(O)OC1CC=CC1. The van der Waals surface area contributed by atoms with Gasteiger partial charge in [0.25, 0.3) is 0 Å². The van der Waals surface area contributed by atoms with Crippen molar-refractivity contribution in [2.24, 2.45) is 0 Å². The van der Waals surface area contributed by atoms with Gasteiger partial charge in [-0.2, -0.15) is 0 Å². The van der Waals surface area contributed by atoms with Crippen LogP contribution in [0.25, 0.3) is 0 Å². The van der Waals surface area contributed by atoms with Crippen LogP contribution in [0.15, 0.2) is 12.2 Å². The molecule has 4 heteroatoms. The van der Waals surface area contributed by atoms with Gasteiger partial charge in [-0.05, 0) is 12.8 Å². The highest BCUT2D eigenvalue weighted by atomic mass is 31.2. The number of hydrogen-bond donors (Lipinski definition) is 2. The third-order valence-corrected chi connectivity index (χ3v) is 1.69. The molecular weight excluding hydrogens is 139 g/mol. The van der Waals surface area contributed by atoms with Crippen LogP contribution in [-0.4, -0.2) is 15.9 Å². The highest BCUT2D eigenvalue weighted by molar-refractivity contribution is 7.39. The maximum atomic E-state index is 8.38. The van der Waals surface area contributed by atoms with Crippen molar-refractivity contribution in [3.05, 3.63) is 12.2 Å². The van der Waals surface area contributed by atoms with Crippen molar-refractivity contribution in [1.82, 2.24) is 0 Å². The fourth-order valence-corrected chi connectivity index (χ4v) is 1.25. The van der Waals surface area contributed by atoms with Crippen LogP contribution in [0.3, 0.4) is 0 Å². The molecule has 0 saturated carbocycles. The molecule has 0 aromatic rings. The van der Waals surface area contributed by atoms with Crippen molar-refractivity contribution in [2.45, 2.75) is 18.9 Å². The van der Waals surface area contributed by atoms with Crippen molar-refractivity contribution < 1.29 is 14.3 Å². The first kappa shape index (κ1) is 7.16. The molecule has 0 aromatic heterocycles. The lowest BCUT2D eigenvalue weighted by Crippen LogP contribution is -2.02. The van der Waals surface area contributed by atoms with Crippen LogP contribution < -0.4 is 0 Å². The smallest absolute Gasteiger partial charge is 0.327 e. The zero-order chi connectivity index (χ0) is 6.69. The standard InChI is InChI=1S/C5H9O3P/c6-9(7)8-5-3-1-2-4-5/h1-2,5-7H,3-4H2. The van der Waals surface area contributed by atoms with Crippen LogP contribution in [0, 0.1) is 0 Å². The Bertz CT molecular complexity index is 105. The van der Waals surface area contributed by atoms with Gasteiger partial charge in [0, 0.05) is 0 Å². The first-order valence-corrected chi connectivity index (χ1v) is 3.95. The van der Waals surface area contributed by atoms with Crippen molar-refractivity contribution >= 4 is 8.60 Å². The number of rotatable bonds is 2. The fraction of sp³-hybridized carbons (Fsp3) is 0.600. The van der Waals surface area contributed by atoms with Crippen LogP contribution in [0.2, 0.25) is 0 Å². The topological polar surface area (TPSA) is 49.7 Å². The summed E-state index contributed by atoms with van der Waals surface area (Å²) in [5, 5.41) is 0. The summed E-state index contributed by atoms with van der Waals surface area (Å²) in [4.78, 5) is 16.8. The Hall–Kier alpha value is 0.0500. The highest BCUT2D eigenvalue weighted by Crippen LogP contribution is 2.31. The Kier molecular flexibility index (Phi) is 2.61. The normalized spacial score (nSPS) is 19.9. The highest BCUT2D eigenvalue weighted by Gasteiger charge is 2.13.